The zero-order chi connectivity index (χ0) is 10.4. The van der Waals surface area contributed by atoms with Crippen molar-refractivity contribution in [3.8, 4) is 0 Å². The quantitative estimate of drug-likeness (QED) is 0.862. The van der Waals surface area contributed by atoms with Gasteiger partial charge in [-0.2, -0.15) is 11.3 Å². The summed E-state index contributed by atoms with van der Waals surface area (Å²) in [6, 6.07) is 0.306. The molecule has 1 heterocycles. The van der Waals surface area contributed by atoms with Crippen LogP contribution in [-0.4, -0.2) is 19.8 Å². The van der Waals surface area contributed by atoms with Gasteiger partial charge in [0.05, 0.1) is 12.6 Å². The molecule has 0 spiro atoms. The monoisotopic (exact) mass is 277 g/mol. The van der Waals surface area contributed by atoms with Crippen molar-refractivity contribution in [3.63, 3.8) is 0 Å². The lowest BCUT2D eigenvalue weighted by molar-refractivity contribution is 0.123. The van der Waals surface area contributed by atoms with Crippen LogP contribution < -0.4 is 5.32 Å². The molecule has 1 N–H and O–H groups in total. The highest BCUT2D eigenvalue weighted by atomic mass is 79.9. The minimum Gasteiger partial charge on any atom is -0.380 e. The average Bonchev–Trinajstić information content (AvgIpc) is 2.59. The van der Waals surface area contributed by atoms with E-state index in [9.17, 15) is 0 Å². The van der Waals surface area contributed by atoms with E-state index in [0.717, 1.165) is 19.8 Å². The van der Waals surface area contributed by atoms with Gasteiger partial charge in [-0.3, -0.25) is 0 Å². The number of rotatable bonds is 6. The summed E-state index contributed by atoms with van der Waals surface area (Å²) in [5.74, 6) is 0. The zero-order valence-corrected chi connectivity index (χ0v) is 11.0. The Bertz CT molecular complexity index is 264. The highest BCUT2D eigenvalue weighted by molar-refractivity contribution is 9.10. The first-order valence-corrected chi connectivity index (χ1v) is 6.55. The van der Waals surface area contributed by atoms with Crippen LogP contribution in [0.4, 0.5) is 0 Å². The average molecular weight is 278 g/mol. The van der Waals surface area contributed by atoms with Gasteiger partial charge in [0, 0.05) is 16.5 Å². The lowest BCUT2D eigenvalue weighted by Gasteiger charge is -2.17. The van der Waals surface area contributed by atoms with Gasteiger partial charge in [-0.1, -0.05) is 6.92 Å². The van der Waals surface area contributed by atoms with Crippen molar-refractivity contribution in [2.45, 2.75) is 19.9 Å². The van der Waals surface area contributed by atoms with Crippen molar-refractivity contribution in [2.75, 3.05) is 19.8 Å². The van der Waals surface area contributed by atoms with E-state index in [1.165, 1.54) is 10.0 Å². The molecule has 1 unspecified atom stereocenters. The third-order valence-electron chi connectivity index (χ3n) is 1.96. The molecule has 0 radical (unpaired) electrons. The third kappa shape index (κ3) is 3.35. The highest BCUT2D eigenvalue weighted by Crippen LogP contribution is 2.27. The molecule has 0 aliphatic carbocycles. The van der Waals surface area contributed by atoms with Crippen molar-refractivity contribution >= 4 is 27.3 Å². The lowest BCUT2D eigenvalue weighted by atomic mass is 10.1. The van der Waals surface area contributed by atoms with Crippen LogP contribution in [-0.2, 0) is 4.74 Å². The van der Waals surface area contributed by atoms with E-state index >= 15 is 0 Å². The van der Waals surface area contributed by atoms with Crippen LogP contribution in [0.5, 0.6) is 0 Å². The molecule has 0 bridgehead atoms. The second-order valence-corrected chi connectivity index (χ2v) is 4.54. The van der Waals surface area contributed by atoms with Crippen molar-refractivity contribution < 1.29 is 4.74 Å². The molecule has 0 aliphatic rings. The Balaban J connectivity index is 2.62. The number of ether oxygens (including phenoxy) is 1. The van der Waals surface area contributed by atoms with E-state index in [-0.39, 0.29) is 0 Å². The molecule has 1 aromatic heterocycles. The molecule has 1 rings (SSSR count). The van der Waals surface area contributed by atoms with E-state index in [4.69, 9.17) is 4.74 Å². The fourth-order valence-electron chi connectivity index (χ4n) is 1.28. The standard InChI is InChI=1S/C10H16BrNOS/c1-3-12-10(5-13-4-2)8-6-14-7-9(8)11/h6-7,10,12H,3-5H2,1-2H3. The van der Waals surface area contributed by atoms with Gasteiger partial charge >= 0.3 is 0 Å². The van der Waals surface area contributed by atoms with Crippen molar-refractivity contribution in [1.82, 2.24) is 5.32 Å². The van der Waals surface area contributed by atoms with Gasteiger partial charge in [0.1, 0.15) is 0 Å². The number of likely N-dealkylation sites (N-methyl/N-ethyl adjacent to an activating group) is 1. The van der Waals surface area contributed by atoms with Crippen molar-refractivity contribution in [3.05, 3.63) is 20.8 Å². The van der Waals surface area contributed by atoms with Gasteiger partial charge in [-0.05, 0) is 40.3 Å². The minimum absolute atomic E-state index is 0.306. The normalized spacial score (nSPS) is 13.1. The maximum Gasteiger partial charge on any atom is 0.0662 e. The molecular formula is C10H16BrNOS. The Morgan fingerprint density at radius 2 is 2.29 bits per heavy atom. The number of hydrogen-bond acceptors (Lipinski definition) is 3. The van der Waals surface area contributed by atoms with Crippen LogP contribution in [0.15, 0.2) is 15.2 Å². The molecule has 1 atom stereocenters. The summed E-state index contributed by atoms with van der Waals surface area (Å²) in [4.78, 5) is 0. The molecule has 2 nitrogen and oxygen atoms in total. The largest absolute Gasteiger partial charge is 0.380 e. The summed E-state index contributed by atoms with van der Waals surface area (Å²) < 4.78 is 6.62. The second-order valence-electron chi connectivity index (χ2n) is 2.94. The summed E-state index contributed by atoms with van der Waals surface area (Å²) in [6.07, 6.45) is 0. The SMILES string of the molecule is CCNC(COCC)c1cscc1Br. The van der Waals surface area contributed by atoms with E-state index in [0.29, 0.717) is 6.04 Å². The van der Waals surface area contributed by atoms with Crippen molar-refractivity contribution in [2.24, 2.45) is 0 Å². The molecule has 0 aromatic carbocycles. The Kier molecular flexibility index (Phi) is 5.70. The van der Waals surface area contributed by atoms with E-state index in [1.807, 2.05) is 6.92 Å². The molecule has 80 valence electrons. The predicted octanol–water partition coefficient (Wildman–Crippen LogP) is 3.20. The fourth-order valence-corrected chi connectivity index (χ4v) is 2.91. The first-order valence-electron chi connectivity index (χ1n) is 4.82. The van der Waals surface area contributed by atoms with Crippen LogP contribution in [0.25, 0.3) is 0 Å². The van der Waals surface area contributed by atoms with Gasteiger partial charge in [-0.25, -0.2) is 0 Å². The number of hydrogen-bond donors (Lipinski definition) is 1. The topological polar surface area (TPSA) is 21.3 Å². The Labute approximate surface area is 97.8 Å². The predicted molar refractivity (Wildman–Crippen MR) is 64.9 cm³/mol. The molecule has 0 amide bonds. The highest BCUT2D eigenvalue weighted by Gasteiger charge is 2.13. The van der Waals surface area contributed by atoms with Gasteiger partial charge in [0.25, 0.3) is 0 Å². The van der Waals surface area contributed by atoms with E-state index < -0.39 is 0 Å². The molecular weight excluding hydrogens is 262 g/mol. The molecule has 14 heavy (non-hydrogen) atoms. The minimum atomic E-state index is 0.306. The van der Waals surface area contributed by atoms with E-state index in [1.54, 1.807) is 11.3 Å². The first kappa shape index (κ1) is 12.2. The number of nitrogens with one attached hydrogen (secondary N) is 1. The summed E-state index contributed by atoms with van der Waals surface area (Å²) in [7, 11) is 0. The fraction of sp³-hybridized carbons (Fsp3) is 0.600. The maximum atomic E-state index is 5.45. The Morgan fingerprint density at radius 1 is 1.50 bits per heavy atom. The number of thiophene rings is 1. The lowest BCUT2D eigenvalue weighted by Crippen LogP contribution is -2.25. The van der Waals surface area contributed by atoms with Gasteiger partial charge in [0.15, 0.2) is 0 Å². The summed E-state index contributed by atoms with van der Waals surface area (Å²) in [5.41, 5.74) is 1.30. The van der Waals surface area contributed by atoms with Crippen LogP contribution in [0.1, 0.15) is 25.5 Å². The second kappa shape index (κ2) is 6.56. The molecule has 0 aliphatic heterocycles. The van der Waals surface area contributed by atoms with Crippen LogP contribution >= 0.6 is 27.3 Å². The summed E-state index contributed by atoms with van der Waals surface area (Å²) in [6.45, 7) is 6.59. The number of halogens is 1. The van der Waals surface area contributed by atoms with Crippen LogP contribution in [0.3, 0.4) is 0 Å². The molecule has 0 saturated carbocycles. The molecule has 0 saturated heterocycles. The first-order chi connectivity index (χ1) is 6.79. The smallest absolute Gasteiger partial charge is 0.0662 e. The summed E-state index contributed by atoms with van der Waals surface area (Å²) >= 11 is 5.26. The summed E-state index contributed by atoms with van der Waals surface area (Å²) in [5, 5.41) is 7.68. The van der Waals surface area contributed by atoms with Gasteiger partial charge < -0.3 is 10.1 Å². The third-order valence-corrected chi connectivity index (χ3v) is 3.71. The zero-order valence-electron chi connectivity index (χ0n) is 8.55. The molecule has 1 aromatic rings. The maximum absolute atomic E-state index is 5.45. The molecule has 4 heteroatoms. The van der Waals surface area contributed by atoms with Crippen LogP contribution in [0.2, 0.25) is 0 Å². The Morgan fingerprint density at radius 3 is 2.79 bits per heavy atom. The van der Waals surface area contributed by atoms with Crippen molar-refractivity contribution in [1.29, 1.82) is 0 Å². The van der Waals surface area contributed by atoms with Crippen LogP contribution in [0, 0.1) is 0 Å². The Hall–Kier alpha value is 0.100. The van der Waals surface area contributed by atoms with Gasteiger partial charge in [0.2, 0.25) is 0 Å². The van der Waals surface area contributed by atoms with Gasteiger partial charge in [-0.15, -0.1) is 0 Å². The molecule has 0 fully saturated rings. The van der Waals surface area contributed by atoms with E-state index in [2.05, 4.69) is 38.9 Å².